The first kappa shape index (κ1) is 12.8. The number of benzene rings is 1. The summed E-state index contributed by atoms with van der Waals surface area (Å²) in [4.78, 5) is 10.6. The first-order valence-corrected chi connectivity index (χ1v) is 6.73. The smallest absolute Gasteiger partial charge is 0.269 e. The molecule has 0 bridgehead atoms. The van der Waals surface area contributed by atoms with Crippen LogP contribution in [-0.2, 0) is 7.05 Å². The van der Waals surface area contributed by atoms with Crippen molar-refractivity contribution in [3.8, 4) is 0 Å². The van der Waals surface area contributed by atoms with Crippen molar-refractivity contribution < 1.29 is 4.92 Å². The molecule has 1 fully saturated rings. The standard InChI is InChI=1S/C14H16N4O2/c1-17-9-15-16-14(17)13(7-10-5-6-10)11-3-2-4-12(8-11)18(19)20/h2-4,8-10,13H,5-7H2,1H3. The van der Waals surface area contributed by atoms with Gasteiger partial charge in [-0.25, -0.2) is 0 Å². The highest BCUT2D eigenvalue weighted by molar-refractivity contribution is 5.38. The van der Waals surface area contributed by atoms with E-state index in [1.165, 1.54) is 18.9 Å². The van der Waals surface area contributed by atoms with Crippen molar-refractivity contribution in [2.24, 2.45) is 13.0 Å². The molecule has 0 amide bonds. The summed E-state index contributed by atoms with van der Waals surface area (Å²) >= 11 is 0. The van der Waals surface area contributed by atoms with Gasteiger partial charge < -0.3 is 4.57 Å². The molecular weight excluding hydrogens is 256 g/mol. The van der Waals surface area contributed by atoms with E-state index < -0.39 is 0 Å². The van der Waals surface area contributed by atoms with Crippen molar-refractivity contribution in [2.75, 3.05) is 0 Å². The maximum absolute atomic E-state index is 10.9. The number of hydrogen-bond acceptors (Lipinski definition) is 4. The molecule has 1 aromatic heterocycles. The highest BCUT2D eigenvalue weighted by atomic mass is 16.6. The van der Waals surface area contributed by atoms with Crippen LogP contribution in [0.15, 0.2) is 30.6 Å². The van der Waals surface area contributed by atoms with Crippen molar-refractivity contribution in [3.63, 3.8) is 0 Å². The zero-order chi connectivity index (χ0) is 14.1. The second-order valence-electron chi connectivity index (χ2n) is 5.38. The van der Waals surface area contributed by atoms with Crippen LogP contribution in [0.5, 0.6) is 0 Å². The minimum atomic E-state index is -0.353. The normalized spacial score (nSPS) is 16.1. The van der Waals surface area contributed by atoms with E-state index in [9.17, 15) is 10.1 Å². The van der Waals surface area contributed by atoms with Crippen LogP contribution in [0.25, 0.3) is 0 Å². The molecule has 1 saturated carbocycles. The lowest BCUT2D eigenvalue weighted by molar-refractivity contribution is -0.384. The highest BCUT2D eigenvalue weighted by Crippen LogP contribution is 2.41. The number of nitrogens with zero attached hydrogens (tertiary/aromatic N) is 4. The SMILES string of the molecule is Cn1cnnc1C(CC1CC1)c1cccc([N+](=O)[O-])c1. The molecule has 6 heteroatoms. The Labute approximate surface area is 116 Å². The first-order chi connectivity index (χ1) is 9.65. The van der Waals surface area contributed by atoms with Gasteiger partial charge in [0, 0.05) is 25.1 Å². The van der Waals surface area contributed by atoms with E-state index in [-0.39, 0.29) is 16.5 Å². The van der Waals surface area contributed by atoms with Gasteiger partial charge in [0.15, 0.2) is 0 Å². The highest BCUT2D eigenvalue weighted by Gasteiger charge is 2.30. The van der Waals surface area contributed by atoms with E-state index in [2.05, 4.69) is 10.2 Å². The average Bonchev–Trinajstić information content (AvgIpc) is 3.17. The van der Waals surface area contributed by atoms with Gasteiger partial charge in [0.05, 0.1) is 4.92 Å². The van der Waals surface area contributed by atoms with Crippen LogP contribution < -0.4 is 0 Å². The maximum atomic E-state index is 10.9. The van der Waals surface area contributed by atoms with E-state index in [0.717, 1.165) is 17.8 Å². The molecule has 0 N–H and O–H groups in total. The predicted octanol–water partition coefficient (Wildman–Crippen LogP) is 2.66. The van der Waals surface area contributed by atoms with Crippen LogP contribution in [0.2, 0.25) is 0 Å². The third-order valence-electron chi connectivity index (χ3n) is 3.81. The van der Waals surface area contributed by atoms with Gasteiger partial charge in [-0.05, 0) is 17.9 Å². The second kappa shape index (κ2) is 5.03. The number of aromatic nitrogens is 3. The molecule has 0 saturated heterocycles. The van der Waals surface area contributed by atoms with Crippen molar-refractivity contribution in [1.29, 1.82) is 0 Å². The Morgan fingerprint density at radius 1 is 1.50 bits per heavy atom. The Kier molecular flexibility index (Phi) is 3.22. The molecule has 0 spiro atoms. The van der Waals surface area contributed by atoms with Crippen LogP contribution in [0, 0.1) is 16.0 Å². The van der Waals surface area contributed by atoms with Gasteiger partial charge in [0.2, 0.25) is 0 Å². The van der Waals surface area contributed by atoms with Gasteiger partial charge in [-0.2, -0.15) is 0 Å². The number of non-ortho nitro benzene ring substituents is 1. The second-order valence-corrected chi connectivity index (χ2v) is 5.38. The number of aryl methyl sites for hydroxylation is 1. The zero-order valence-electron chi connectivity index (χ0n) is 11.3. The number of hydrogen-bond donors (Lipinski definition) is 0. The fraction of sp³-hybridized carbons (Fsp3) is 0.429. The van der Waals surface area contributed by atoms with Crippen LogP contribution in [0.4, 0.5) is 5.69 Å². The van der Waals surface area contributed by atoms with Crippen molar-refractivity contribution in [3.05, 3.63) is 52.1 Å². The van der Waals surface area contributed by atoms with Crippen LogP contribution in [0.3, 0.4) is 0 Å². The van der Waals surface area contributed by atoms with Gasteiger partial charge in [0.1, 0.15) is 12.2 Å². The number of rotatable bonds is 5. The fourth-order valence-corrected chi connectivity index (χ4v) is 2.54. The molecule has 0 radical (unpaired) electrons. The topological polar surface area (TPSA) is 73.8 Å². The Hall–Kier alpha value is -2.24. The summed E-state index contributed by atoms with van der Waals surface area (Å²) in [6.07, 6.45) is 5.13. The molecular formula is C14H16N4O2. The first-order valence-electron chi connectivity index (χ1n) is 6.73. The zero-order valence-corrected chi connectivity index (χ0v) is 11.3. The fourth-order valence-electron chi connectivity index (χ4n) is 2.54. The molecule has 20 heavy (non-hydrogen) atoms. The molecule has 1 aliphatic carbocycles. The van der Waals surface area contributed by atoms with Crippen LogP contribution in [0.1, 0.15) is 36.6 Å². The average molecular weight is 272 g/mol. The molecule has 3 rings (SSSR count). The van der Waals surface area contributed by atoms with Crippen LogP contribution >= 0.6 is 0 Å². The Morgan fingerprint density at radius 3 is 2.90 bits per heavy atom. The maximum Gasteiger partial charge on any atom is 0.269 e. The number of nitro groups is 1. The van der Waals surface area contributed by atoms with Gasteiger partial charge in [-0.1, -0.05) is 25.0 Å². The Balaban J connectivity index is 1.98. The van der Waals surface area contributed by atoms with Gasteiger partial charge >= 0.3 is 0 Å². The van der Waals surface area contributed by atoms with Crippen molar-refractivity contribution >= 4 is 5.69 Å². The van der Waals surface area contributed by atoms with Gasteiger partial charge in [-0.3, -0.25) is 10.1 Å². The monoisotopic (exact) mass is 272 g/mol. The predicted molar refractivity (Wildman–Crippen MR) is 73.3 cm³/mol. The molecule has 1 unspecified atom stereocenters. The summed E-state index contributed by atoms with van der Waals surface area (Å²) in [6.45, 7) is 0. The van der Waals surface area contributed by atoms with Crippen LogP contribution in [-0.4, -0.2) is 19.7 Å². The molecule has 104 valence electrons. The summed E-state index contributed by atoms with van der Waals surface area (Å²) in [5.41, 5.74) is 1.08. The lowest BCUT2D eigenvalue weighted by Crippen LogP contribution is -2.09. The summed E-state index contributed by atoms with van der Waals surface area (Å²) in [7, 11) is 1.91. The Bertz CT molecular complexity index is 634. The van der Waals surface area contributed by atoms with Crippen molar-refractivity contribution in [1.82, 2.24) is 14.8 Å². The molecule has 0 aliphatic heterocycles. The van der Waals surface area contributed by atoms with Crippen molar-refractivity contribution in [2.45, 2.75) is 25.2 Å². The van der Waals surface area contributed by atoms with E-state index in [1.54, 1.807) is 18.5 Å². The largest absolute Gasteiger partial charge is 0.320 e. The van der Waals surface area contributed by atoms with Gasteiger partial charge in [0.25, 0.3) is 5.69 Å². The minimum absolute atomic E-state index is 0.0786. The summed E-state index contributed by atoms with van der Waals surface area (Å²) in [5, 5.41) is 19.1. The summed E-state index contributed by atoms with van der Waals surface area (Å²) in [5.74, 6) is 1.66. The molecule has 6 nitrogen and oxygen atoms in total. The summed E-state index contributed by atoms with van der Waals surface area (Å²) in [6, 6.07) is 6.86. The molecule has 1 heterocycles. The lowest BCUT2D eigenvalue weighted by atomic mass is 9.92. The molecule has 1 atom stereocenters. The molecule has 2 aromatic rings. The number of nitro benzene ring substituents is 1. The lowest BCUT2D eigenvalue weighted by Gasteiger charge is -2.16. The van der Waals surface area contributed by atoms with E-state index >= 15 is 0 Å². The molecule has 1 aliphatic rings. The van der Waals surface area contributed by atoms with E-state index in [0.29, 0.717) is 5.92 Å². The quantitative estimate of drug-likeness (QED) is 0.619. The third kappa shape index (κ3) is 2.54. The van der Waals surface area contributed by atoms with E-state index in [4.69, 9.17) is 0 Å². The third-order valence-corrected chi connectivity index (χ3v) is 3.81. The minimum Gasteiger partial charge on any atom is -0.320 e. The Morgan fingerprint density at radius 2 is 2.30 bits per heavy atom. The summed E-state index contributed by atoms with van der Waals surface area (Å²) < 4.78 is 1.89. The van der Waals surface area contributed by atoms with E-state index in [1.807, 2.05) is 17.7 Å². The molecule has 1 aromatic carbocycles. The van der Waals surface area contributed by atoms with Gasteiger partial charge in [-0.15, -0.1) is 10.2 Å².